The number of fused-ring (bicyclic) bond motifs is 1. The third-order valence-corrected chi connectivity index (χ3v) is 11.6. The SMILES string of the molecule is C=C[C@@H]1C[C@]1(NC(=O)[C@@H]1C[C@@H](Oc2ccnc3cc(OC)ccc23)CN1C(=O)[C@@H](CC(=O)OC(C)(C)C)C(C)C)C(=O)CS(=O)(=O)C1CC1. The van der Waals surface area contributed by atoms with Crippen LogP contribution in [0.1, 0.15) is 66.7 Å². The van der Waals surface area contributed by atoms with Crippen LogP contribution in [-0.4, -0.2) is 89.8 Å². The fourth-order valence-corrected chi connectivity index (χ4v) is 8.25. The van der Waals surface area contributed by atoms with Gasteiger partial charge in [-0.25, -0.2) is 8.42 Å². The molecule has 0 unspecified atom stereocenters. The molecule has 0 spiro atoms. The summed E-state index contributed by atoms with van der Waals surface area (Å²) in [4.78, 5) is 60.7. The van der Waals surface area contributed by atoms with E-state index in [-0.39, 0.29) is 31.7 Å². The van der Waals surface area contributed by atoms with Gasteiger partial charge in [-0.05, 0) is 64.2 Å². The summed E-state index contributed by atoms with van der Waals surface area (Å²) in [6, 6.07) is 6.04. The van der Waals surface area contributed by atoms with E-state index in [9.17, 15) is 27.6 Å². The van der Waals surface area contributed by atoms with Crippen LogP contribution < -0.4 is 14.8 Å². The van der Waals surface area contributed by atoms with Gasteiger partial charge in [-0.1, -0.05) is 19.9 Å². The van der Waals surface area contributed by atoms with Crippen molar-refractivity contribution in [2.24, 2.45) is 17.8 Å². The van der Waals surface area contributed by atoms with Gasteiger partial charge in [0, 0.05) is 30.0 Å². The number of esters is 1. The molecule has 0 radical (unpaired) electrons. The molecule has 2 aromatic rings. The summed E-state index contributed by atoms with van der Waals surface area (Å²) < 4.78 is 42.8. The lowest BCUT2D eigenvalue weighted by atomic mass is 9.90. The van der Waals surface area contributed by atoms with Crippen LogP contribution in [0.5, 0.6) is 11.5 Å². The average molecular weight is 698 g/mol. The van der Waals surface area contributed by atoms with Crippen LogP contribution in [0.3, 0.4) is 0 Å². The summed E-state index contributed by atoms with van der Waals surface area (Å²) >= 11 is 0. The molecule has 1 N–H and O–H groups in total. The van der Waals surface area contributed by atoms with E-state index in [0.29, 0.717) is 35.2 Å². The highest BCUT2D eigenvalue weighted by Gasteiger charge is 2.61. The minimum Gasteiger partial charge on any atom is -0.497 e. The van der Waals surface area contributed by atoms with Crippen molar-refractivity contribution in [2.45, 2.75) is 95.3 Å². The second kappa shape index (κ2) is 13.7. The number of sulfone groups is 1. The lowest BCUT2D eigenvalue weighted by Crippen LogP contribution is -2.55. The summed E-state index contributed by atoms with van der Waals surface area (Å²) in [6.07, 6.45) is 3.72. The van der Waals surface area contributed by atoms with Gasteiger partial charge in [0.25, 0.3) is 0 Å². The largest absolute Gasteiger partial charge is 0.497 e. The first-order chi connectivity index (χ1) is 23.0. The summed E-state index contributed by atoms with van der Waals surface area (Å²) in [6.45, 7) is 12.7. The van der Waals surface area contributed by atoms with Gasteiger partial charge in [0.1, 0.15) is 40.5 Å². The molecule has 1 aromatic heterocycles. The van der Waals surface area contributed by atoms with E-state index in [0.717, 1.165) is 0 Å². The zero-order valence-corrected chi connectivity index (χ0v) is 29.9. The predicted molar refractivity (Wildman–Crippen MR) is 183 cm³/mol. The number of ketones is 1. The smallest absolute Gasteiger partial charge is 0.307 e. The quantitative estimate of drug-likeness (QED) is 0.227. The van der Waals surface area contributed by atoms with Crippen molar-refractivity contribution in [3.8, 4) is 11.5 Å². The summed E-state index contributed by atoms with van der Waals surface area (Å²) in [5.41, 5.74) is -1.52. The Bertz CT molecular complexity index is 1750. The van der Waals surface area contributed by atoms with E-state index < -0.39 is 79.5 Å². The molecule has 5 rings (SSSR count). The van der Waals surface area contributed by atoms with Crippen molar-refractivity contribution in [1.29, 1.82) is 0 Å². The Morgan fingerprint density at radius 3 is 2.47 bits per heavy atom. The number of hydrogen-bond donors (Lipinski definition) is 1. The first kappa shape index (κ1) is 36.3. The average Bonchev–Trinajstić information content (AvgIpc) is 3.95. The number of pyridine rings is 1. The highest BCUT2D eigenvalue weighted by Crippen LogP contribution is 2.46. The number of aromatic nitrogens is 1. The van der Waals surface area contributed by atoms with Crippen molar-refractivity contribution in [3.63, 3.8) is 0 Å². The van der Waals surface area contributed by atoms with Crippen LogP contribution in [0.15, 0.2) is 43.1 Å². The van der Waals surface area contributed by atoms with Crippen molar-refractivity contribution >= 4 is 44.3 Å². The number of carbonyl (C=O) groups is 4. The van der Waals surface area contributed by atoms with E-state index in [2.05, 4.69) is 16.9 Å². The number of ether oxygens (including phenoxy) is 3. The first-order valence-corrected chi connectivity index (χ1v) is 18.5. The molecule has 5 atom stereocenters. The number of Topliss-reactive ketones (excluding diaryl/α,β-unsaturated/α-hetero) is 1. The molecule has 2 amide bonds. The molecule has 1 aliphatic heterocycles. The molecule has 266 valence electrons. The summed E-state index contributed by atoms with van der Waals surface area (Å²) in [7, 11) is -2.07. The van der Waals surface area contributed by atoms with Gasteiger partial charge in [0.2, 0.25) is 11.8 Å². The van der Waals surface area contributed by atoms with Gasteiger partial charge in [0.05, 0.1) is 36.8 Å². The zero-order valence-electron chi connectivity index (χ0n) is 29.1. The lowest BCUT2D eigenvalue weighted by molar-refractivity contribution is -0.159. The second-order valence-corrected chi connectivity index (χ2v) is 17.0. The van der Waals surface area contributed by atoms with Crippen LogP contribution in [0.25, 0.3) is 10.9 Å². The fraction of sp³-hybridized carbons (Fsp3) is 0.583. The molecule has 2 heterocycles. The number of amides is 2. The number of likely N-dealkylation sites (tertiary alicyclic amines) is 1. The molecule has 0 bridgehead atoms. The highest BCUT2D eigenvalue weighted by molar-refractivity contribution is 7.93. The van der Waals surface area contributed by atoms with Crippen molar-refractivity contribution in [3.05, 3.63) is 43.1 Å². The Balaban J connectivity index is 1.42. The minimum atomic E-state index is -3.63. The van der Waals surface area contributed by atoms with Crippen LogP contribution >= 0.6 is 0 Å². The topological polar surface area (TPSA) is 158 Å². The Morgan fingerprint density at radius 2 is 1.88 bits per heavy atom. The second-order valence-electron chi connectivity index (χ2n) is 14.8. The molecular formula is C36H47N3O9S. The van der Waals surface area contributed by atoms with Crippen molar-refractivity contribution in [2.75, 3.05) is 19.4 Å². The van der Waals surface area contributed by atoms with E-state index in [1.807, 2.05) is 19.9 Å². The van der Waals surface area contributed by atoms with Gasteiger partial charge < -0.3 is 24.4 Å². The maximum Gasteiger partial charge on any atom is 0.307 e. The van der Waals surface area contributed by atoms with Gasteiger partial charge in [0.15, 0.2) is 15.6 Å². The minimum absolute atomic E-state index is 0.0380. The Hall–Kier alpha value is -4.00. The molecule has 12 nitrogen and oxygen atoms in total. The van der Waals surface area contributed by atoms with Crippen LogP contribution in [0.2, 0.25) is 0 Å². The number of hydrogen-bond acceptors (Lipinski definition) is 10. The highest BCUT2D eigenvalue weighted by atomic mass is 32.2. The maximum atomic E-state index is 14.3. The number of methoxy groups -OCH3 is 1. The molecule has 2 saturated carbocycles. The lowest BCUT2D eigenvalue weighted by Gasteiger charge is -2.31. The number of nitrogens with zero attached hydrogens (tertiary/aromatic N) is 2. The number of carbonyl (C=O) groups excluding carboxylic acids is 4. The van der Waals surface area contributed by atoms with Crippen molar-refractivity contribution < 1.29 is 41.8 Å². The summed E-state index contributed by atoms with van der Waals surface area (Å²) in [5, 5.41) is 3.05. The van der Waals surface area contributed by atoms with Crippen LogP contribution in [0.4, 0.5) is 0 Å². The maximum absolute atomic E-state index is 14.3. The Morgan fingerprint density at radius 1 is 1.16 bits per heavy atom. The first-order valence-electron chi connectivity index (χ1n) is 16.8. The predicted octanol–water partition coefficient (Wildman–Crippen LogP) is 3.80. The molecule has 1 aromatic carbocycles. The number of rotatable bonds is 14. The molecule has 2 aliphatic carbocycles. The Kier molecular flexibility index (Phi) is 10.2. The van der Waals surface area contributed by atoms with Gasteiger partial charge >= 0.3 is 5.97 Å². The third-order valence-electron chi connectivity index (χ3n) is 9.49. The molecule has 1 saturated heterocycles. The van der Waals surface area contributed by atoms with Crippen molar-refractivity contribution in [1.82, 2.24) is 15.2 Å². The number of nitrogens with one attached hydrogen (secondary N) is 1. The monoisotopic (exact) mass is 697 g/mol. The van der Waals surface area contributed by atoms with E-state index in [4.69, 9.17) is 14.2 Å². The normalized spacial score (nSPS) is 24.3. The van der Waals surface area contributed by atoms with Crippen LogP contribution in [0, 0.1) is 17.8 Å². The fourth-order valence-electron chi connectivity index (χ4n) is 6.54. The number of benzene rings is 1. The molecule has 3 fully saturated rings. The molecular weight excluding hydrogens is 650 g/mol. The zero-order chi connectivity index (χ0) is 35.9. The third kappa shape index (κ3) is 8.08. The van der Waals surface area contributed by atoms with Gasteiger partial charge in [-0.2, -0.15) is 0 Å². The molecule has 3 aliphatic rings. The van der Waals surface area contributed by atoms with E-state index >= 15 is 0 Å². The van der Waals surface area contributed by atoms with E-state index in [1.165, 1.54) is 4.90 Å². The summed E-state index contributed by atoms with van der Waals surface area (Å²) in [5.74, 6) is -3.14. The molecule has 13 heteroatoms. The van der Waals surface area contributed by atoms with Gasteiger partial charge in [-0.15, -0.1) is 6.58 Å². The standard InChI is InChI=1S/C36H47N3O9S/c1-8-22-18-36(22,31(40)20-49(44,45)25-10-11-25)38-33(42)29-16-24(47-30-13-14-37-28-15-23(46-7)9-12-26(28)30)19-39(29)34(43)27(21(2)3)17-32(41)48-35(4,5)6/h8-9,12-15,21-22,24-25,27,29H,1,10-11,16-20H2,2-7H3,(H,38,42)/t22-,24-,27+,29+,36-/m1/s1. The van der Waals surface area contributed by atoms with E-state index in [1.54, 1.807) is 58.4 Å². The molecule has 49 heavy (non-hydrogen) atoms. The van der Waals surface area contributed by atoms with Gasteiger partial charge in [-0.3, -0.25) is 24.2 Å². The Labute approximate surface area is 287 Å². The van der Waals surface area contributed by atoms with Crippen LogP contribution in [-0.2, 0) is 33.8 Å².